The summed E-state index contributed by atoms with van der Waals surface area (Å²) in [5.41, 5.74) is 0. The Morgan fingerprint density at radius 3 is 2.96 bits per heavy atom. The van der Waals surface area contributed by atoms with Crippen LogP contribution in [0.3, 0.4) is 0 Å². The van der Waals surface area contributed by atoms with Crippen LogP contribution in [0, 0.1) is 5.92 Å². The summed E-state index contributed by atoms with van der Waals surface area (Å²) in [5, 5.41) is 14.3. The SMILES string of the molecule is O=S1(=O)CCC(Cc2nnc(SCc3nc(-c4cc(Br)cs4)no3)o2)C1. The summed E-state index contributed by atoms with van der Waals surface area (Å²) >= 11 is 6.23. The minimum atomic E-state index is -2.90. The normalized spacial score (nSPS) is 19.2. The lowest BCUT2D eigenvalue weighted by Gasteiger charge is -2.01. The van der Waals surface area contributed by atoms with Gasteiger partial charge in [0.05, 0.1) is 22.1 Å². The molecule has 0 N–H and O–H groups in total. The zero-order valence-corrected chi connectivity index (χ0v) is 17.3. The van der Waals surface area contributed by atoms with Crippen molar-refractivity contribution < 1.29 is 17.4 Å². The zero-order chi connectivity index (χ0) is 18.1. The van der Waals surface area contributed by atoms with E-state index < -0.39 is 9.84 Å². The van der Waals surface area contributed by atoms with E-state index in [1.807, 2.05) is 11.4 Å². The maximum atomic E-state index is 11.5. The van der Waals surface area contributed by atoms with Crippen LogP contribution in [0.1, 0.15) is 18.2 Å². The van der Waals surface area contributed by atoms with E-state index in [-0.39, 0.29) is 17.4 Å². The Labute approximate surface area is 165 Å². The maximum Gasteiger partial charge on any atom is 0.277 e. The quantitative estimate of drug-likeness (QED) is 0.494. The Morgan fingerprint density at radius 1 is 1.35 bits per heavy atom. The van der Waals surface area contributed by atoms with Crippen LogP contribution in [0.2, 0.25) is 0 Å². The molecule has 0 amide bonds. The van der Waals surface area contributed by atoms with Crippen molar-refractivity contribution in [2.75, 3.05) is 11.5 Å². The first-order chi connectivity index (χ1) is 12.5. The van der Waals surface area contributed by atoms with Crippen LogP contribution < -0.4 is 0 Å². The lowest BCUT2D eigenvalue weighted by Crippen LogP contribution is -2.07. The molecular weight excluding hydrogens is 464 g/mol. The van der Waals surface area contributed by atoms with Gasteiger partial charge in [0.2, 0.25) is 17.6 Å². The van der Waals surface area contributed by atoms with Crippen LogP contribution in [0.25, 0.3) is 10.7 Å². The van der Waals surface area contributed by atoms with Crippen LogP contribution in [0.5, 0.6) is 0 Å². The molecule has 0 aliphatic carbocycles. The topological polar surface area (TPSA) is 112 Å². The Hall–Kier alpha value is -1.24. The molecular formula is C14H13BrN4O4S3. The smallest absolute Gasteiger partial charge is 0.277 e. The second kappa shape index (κ2) is 7.41. The predicted octanol–water partition coefficient (Wildman–Crippen LogP) is 3.21. The van der Waals surface area contributed by atoms with Gasteiger partial charge in [0.25, 0.3) is 5.22 Å². The van der Waals surface area contributed by atoms with E-state index in [2.05, 4.69) is 36.3 Å². The van der Waals surface area contributed by atoms with Crippen molar-refractivity contribution in [1.82, 2.24) is 20.3 Å². The van der Waals surface area contributed by atoms with E-state index >= 15 is 0 Å². The van der Waals surface area contributed by atoms with Crippen LogP contribution in [0.4, 0.5) is 0 Å². The van der Waals surface area contributed by atoms with Crippen LogP contribution in [0.15, 0.2) is 30.1 Å². The van der Waals surface area contributed by atoms with Gasteiger partial charge in [-0.15, -0.1) is 21.5 Å². The van der Waals surface area contributed by atoms with E-state index in [9.17, 15) is 8.42 Å². The van der Waals surface area contributed by atoms with Gasteiger partial charge in [0.15, 0.2) is 9.84 Å². The first kappa shape index (κ1) is 18.1. The molecule has 26 heavy (non-hydrogen) atoms. The summed E-state index contributed by atoms with van der Waals surface area (Å²) in [6, 6.07) is 1.93. The van der Waals surface area contributed by atoms with Crippen LogP contribution in [-0.4, -0.2) is 40.3 Å². The van der Waals surface area contributed by atoms with E-state index in [1.165, 1.54) is 23.1 Å². The lowest BCUT2D eigenvalue weighted by molar-refractivity contribution is 0.383. The molecule has 1 fully saturated rings. The van der Waals surface area contributed by atoms with Crippen molar-refractivity contribution in [1.29, 1.82) is 0 Å². The average molecular weight is 477 g/mol. The third-order valence-electron chi connectivity index (χ3n) is 3.81. The molecule has 1 saturated heterocycles. The molecule has 1 aliphatic rings. The molecule has 4 heterocycles. The summed E-state index contributed by atoms with van der Waals surface area (Å²) in [6.45, 7) is 0. The standard InChI is InChI=1S/C14H13BrN4O4S3/c15-9-4-10(24-5-9)13-16-12(23-19-13)6-25-14-18-17-11(22-14)3-8-1-2-26(20,21)7-8/h4-5,8H,1-3,6-7H2. The minimum absolute atomic E-state index is 0.0573. The van der Waals surface area contributed by atoms with Gasteiger partial charge in [-0.25, -0.2) is 8.42 Å². The van der Waals surface area contributed by atoms with Crippen molar-refractivity contribution in [2.24, 2.45) is 5.92 Å². The first-order valence-electron chi connectivity index (χ1n) is 7.69. The molecule has 0 radical (unpaired) electrons. The van der Waals surface area contributed by atoms with Gasteiger partial charge in [-0.2, -0.15) is 4.98 Å². The van der Waals surface area contributed by atoms with Crippen LogP contribution in [-0.2, 0) is 22.0 Å². The van der Waals surface area contributed by atoms with Crippen molar-refractivity contribution in [3.8, 4) is 10.7 Å². The molecule has 12 heteroatoms. The molecule has 3 aromatic heterocycles. The molecule has 0 bridgehead atoms. The summed E-state index contributed by atoms with van der Waals surface area (Å²) in [4.78, 5) is 5.27. The third kappa shape index (κ3) is 4.35. The molecule has 0 spiro atoms. The Balaban J connectivity index is 1.33. The maximum absolute atomic E-state index is 11.5. The minimum Gasteiger partial charge on any atom is -0.416 e. The molecule has 4 rings (SSSR count). The van der Waals surface area contributed by atoms with Gasteiger partial charge in [-0.05, 0) is 34.3 Å². The van der Waals surface area contributed by atoms with Gasteiger partial charge in [0, 0.05) is 16.3 Å². The Kier molecular flexibility index (Phi) is 5.17. The molecule has 0 aromatic carbocycles. The van der Waals surface area contributed by atoms with E-state index in [0.29, 0.717) is 41.4 Å². The van der Waals surface area contributed by atoms with Crippen molar-refractivity contribution >= 4 is 48.9 Å². The summed E-state index contributed by atoms with van der Waals surface area (Å²) in [5.74, 6) is 2.39. The van der Waals surface area contributed by atoms with Gasteiger partial charge in [-0.3, -0.25) is 0 Å². The third-order valence-corrected chi connectivity index (χ3v) is 8.14. The Bertz CT molecular complexity index is 1010. The number of hydrogen-bond donors (Lipinski definition) is 0. The highest BCUT2D eigenvalue weighted by atomic mass is 79.9. The number of nitrogens with zero attached hydrogens (tertiary/aromatic N) is 4. The fraction of sp³-hybridized carbons (Fsp3) is 0.429. The largest absolute Gasteiger partial charge is 0.416 e. The number of thioether (sulfide) groups is 1. The fourth-order valence-electron chi connectivity index (χ4n) is 2.63. The molecule has 138 valence electrons. The fourth-order valence-corrected chi connectivity index (χ4v) is 6.46. The average Bonchev–Trinajstić information content (AvgIpc) is 3.34. The highest BCUT2D eigenvalue weighted by Crippen LogP contribution is 2.29. The molecule has 1 unspecified atom stereocenters. The molecule has 3 aromatic rings. The molecule has 0 saturated carbocycles. The highest BCUT2D eigenvalue weighted by Gasteiger charge is 2.29. The Morgan fingerprint density at radius 2 is 2.23 bits per heavy atom. The molecule has 8 nitrogen and oxygen atoms in total. The number of rotatable bonds is 6. The van der Waals surface area contributed by atoms with E-state index in [1.54, 1.807) is 0 Å². The highest BCUT2D eigenvalue weighted by molar-refractivity contribution is 9.10. The van der Waals surface area contributed by atoms with Crippen LogP contribution >= 0.6 is 39.0 Å². The monoisotopic (exact) mass is 476 g/mol. The predicted molar refractivity (Wildman–Crippen MR) is 99.6 cm³/mol. The number of halogens is 1. The summed E-state index contributed by atoms with van der Waals surface area (Å²) in [6.07, 6.45) is 1.14. The number of hydrogen-bond acceptors (Lipinski definition) is 10. The molecule has 1 atom stereocenters. The summed E-state index contributed by atoms with van der Waals surface area (Å²) in [7, 11) is -2.90. The van der Waals surface area contributed by atoms with Gasteiger partial charge < -0.3 is 8.94 Å². The van der Waals surface area contributed by atoms with Gasteiger partial charge >= 0.3 is 0 Å². The lowest BCUT2D eigenvalue weighted by atomic mass is 10.1. The van der Waals surface area contributed by atoms with Crippen molar-refractivity contribution in [2.45, 2.75) is 23.8 Å². The van der Waals surface area contributed by atoms with Gasteiger partial charge in [0.1, 0.15) is 0 Å². The number of sulfone groups is 1. The summed E-state index contributed by atoms with van der Waals surface area (Å²) < 4.78 is 34.8. The first-order valence-corrected chi connectivity index (χ1v) is 12.2. The number of aromatic nitrogens is 4. The van der Waals surface area contributed by atoms with Crippen molar-refractivity contribution in [3.63, 3.8) is 0 Å². The van der Waals surface area contributed by atoms with Gasteiger partial charge in [-0.1, -0.05) is 16.9 Å². The van der Waals surface area contributed by atoms with Crippen molar-refractivity contribution in [3.05, 3.63) is 27.7 Å². The zero-order valence-electron chi connectivity index (χ0n) is 13.3. The number of thiophene rings is 1. The van der Waals surface area contributed by atoms with E-state index in [4.69, 9.17) is 8.94 Å². The second-order valence-electron chi connectivity index (χ2n) is 5.86. The molecule has 1 aliphatic heterocycles. The van der Waals surface area contributed by atoms with E-state index in [0.717, 1.165) is 9.35 Å². The second-order valence-corrected chi connectivity index (χ2v) is 10.8.